The largest absolute Gasteiger partial charge is 0.370 e. The molecular weight excluding hydrogens is 348 g/mol. The highest BCUT2D eigenvalue weighted by molar-refractivity contribution is 5.95. The lowest BCUT2D eigenvalue weighted by Crippen LogP contribution is -2.45. The number of pyridine rings is 1. The molecule has 0 aliphatic carbocycles. The van der Waals surface area contributed by atoms with E-state index < -0.39 is 0 Å². The molecule has 0 unspecified atom stereocenters. The van der Waals surface area contributed by atoms with Gasteiger partial charge in [-0.15, -0.1) is 0 Å². The van der Waals surface area contributed by atoms with Crippen molar-refractivity contribution in [2.75, 3.05) is 31.1 Å². The van der Waals surface area contributed by atoms with E-state index in [9.17, 15) is 10.1 Å². The van der Waals surface area contributed by atoms with E-state index in [0.717, 1.165) is 79.9 Å². The number of fused-ring (bicyclic) bond motifs is 1. The maximum Gasteiger partial charge on any atom is 0.225 e. The van der Waals surface area contributed by atoms with Crippen LogP contribution in [-0.2, 0) is 4.79 Å². The van der Waals surface area contributed by atoms with Gasteiger partial charge in [0.2, 0.25) is 5.91 Å². The van der Waals surface area contributed by atoms with Crippen molar-refractivity contribution in [2.24, 2.45) is 11.8 Å². The molecule has 3 heterocycles. The van der Waals surface area contributed by atoms with E-state index in [1.807, 2.05) is 6.07 Å². The molecule has 0 N–H and O–H groups in total. The molecule has 2 aromatic rings. The van der Waals surface area contributed by atoms with E-state index >= 15 is 0 Å². The minimum Gasteiger partial charge on any atom is -0.370 e. The fourth-order valence-corrected chi connectivity index (χ4v) is 4.55. The van der Waals surface area contributed by atoms with Crippen LogP contribution in [0.15, 0.2) is 24.4 Å². The minimum absolute atomic E-state index is 0.116. The summed E-state index contributed by atoms with van der Waals surface area (Å²) in [6.07, 6.45) is 5.63. The Kier molecular flexibility index (Phi) is 5.21. The van der Waals surface area contributed by atoms with Crippen molar-refractivity contribution in [2.45, 2.75) is 39.5 Å². The number of nitriles is 1. The van der Waals surface area contributed by atoms with E-state index in [-0.39, 0.29) is 5.92 Å². The van der Waals surface area contributed by atoms with Gasteiger partial charge in [0.15, 0.2) is 0 Å². The number of amides is 1. The summed E-state index contributed by atoms with van der Waals surface area (Å²) in [5.41, 5.74) is 3.68. The van der Waals surface area contributed by atoms with Crippen LogP contribution in [0.2, 0.25) is 0 Å². The SMILES string of the molecule is Cc1ccc2ncc(C#N)c(N3CCC(C(=O)N4CCC(C)CC4)CC3)c2c1. The molecule has 2 fully saturated rings. The first-order chi connectivity index (χ1) is 13.6. The van der Waals surface area contributed by atoms with Crippen molar-refractivity contribution in [1.29, 1.82) is 5.26 Å². The molecule has 0 spiro atoms. The average Bonchev–Trinajstić information content (AvgIpc) is 2.73. The Labute approximate surface area is 167 Å². The van der Waals surface area contributed by atoms with E-state index in [1.54, 1.807) is 6.20 Å². The minimum atomic E-state index is 0.116. The highest BCUT2D eigenvalue weighted by Crippen LogP contribution is 2.33. The number of hydrogen-bond acceptors (Lipinski definition) is 4. The molecule has 1 amide bonds. The van der Waals surface area contributed by atoms with Gasteiger partial charge in [0.25, 0.3) is 0 Å². The van der Waals surface area contributed by atoms with E-state index in [4.69, 9.17) is 0 Å². The van der Waals surface area contributed by atoms with Gasteiger partial charge < -0.3 is 9.80 Å². The highest BCUT2D eigenvalue weighted by Gasteiger charge is 2.31. The van der Waals surface area contributed by atoms with E-state index in [0.29, 0.717) is 11.5 Å². The number of rotatable bonds is 2. The van der Waals surface area contributed by atoms with Gasteiger partial charge in [0.1, 0.15) is 6.07 Å². The van der Waals surface area contributed by atoms with Crippen molar-refractivity contribution in [3.8, 4) is 6.07 Å². The molecular formula is C23H28N4O. The molecule has 2 saturated heterocycles. The summed E-state index contributed by atoms with van der Waals surface area (Å²) < 4.78 is 0. The summed E-state index contributed by atoms with van der Waals surface area (Å²) in [6.45, 7) is 7.77. The highest BCUT2D eigenvalue weighted by atomic mass is 16.2. The van der Waals surface area contributed by atoms with Crippen LogP contribution < -0.4 is 4.90 Å². The zero-order valence-electron chi connectivity index (χ0n) is 16.8. The molecule has 0 radical (unpaired) electrons. The van der Waals surface area contributed by atoms with Gasteiger partial charge in [-0.05, 0) is 50.7 Å². The number of carbonyl (C=O) groups is 1. The molecule has 0 saturated carbocycles. The van der Waals surface area contributed by atoms with Gasteiger partial charge in [-0.25, -0.2) is 0 Å². The van der Waals surface area contributed by atoms with Crippen LogP contribution in [0.25, 0.3) is 10.9 Å². The smallest absolute Gasteiger partial charge is 0.225 e. The van der Waals surface area contributed by atoms with Crippen LogP contribution >= 0.6 is 0 Å². The van der Waals surface area contributed by atoms with E-state index in [1.165, 1.54) is 0 Å². The monoisotopic (exact) mass is 376 g/mol. The zero-order chi connectivity index (χ0) is 19.7. The number of nitrogens with zero attached hydrogens (tertiary/aromatic N) is 4. The van der Waals surface area contributed by atoms with Crippen LogP contribution in [0.3, 0.4) is 0 Å². The lowest BCUT2D eigenvalue weighted by molar-refractivity contribution is -0.137. The third-order valence-corrected chi connectivity index (χ3v) is 6.37. The summed E-state index contributed by atoms with van der Waals surface area (Å²) in [5, 5.41) is 10.7. The van der Waals surface area contributed by atoms with Gasteiger partial charge in [-0.1, -0.05) is 18.6 Å². The molecule has 5 nitrogen and oxygen atoms in total. The molecule has 0 bridgehead atoms. The Bertz CT molecular complexity index is 916. The number of aryl methyl sites for hydroxylation is 1. The second-order valence-corrected chi connectivity index (χ2v) is 8.42. The Morgan fingerprint density at radius 2 is 1.86 bits per heavy atom. The van der Waals surface area contributed by atoms with Gasteiger partial charge >= 0.3 is 0 Å². The number of benzene rings is 1. The van der Waals surface area contributed by atoms with Gasteiger partial charge in [-0.2, -0.15) is 5.26 Å². The van der Waals surface area contributed by atoms with Gasteiger partial charge in [0.05, 0.1) is 16.8 Å². The fraction of sp³-hybridized carbons (Fsp3) is 0.522. The first-order valence-electron chi connectivity index (χ1n) is 10.4. The quantitative estimate of drug-likeness (QED) is 0.798. The van der Waals surface area contributed by atoms with Crippen LogP contribution in [0.4, 0.5) is 5.69 Å². The lowest BCUT2D eigenvalue weighted by atomic mass is 9.92. The summed E-state index contributed by atoms with van der Waals surface area (Å²) in [7, 11) is 0. The van der Waals surface area contributed by atoms with Crippen LogP contribution in [0.5, 0.6) is 0 Å². The van der Waals surface area contributed by atoms with Crippen LogP contribution in [0.1, 0.15) is 43.7 Å². The third kappa shape index (κ3) is 3.56. The Morgan fingerprint density at radius 3 is 2.54 bits per heavy atom. The normalized spacial score (nSPS) is 19.0. The summed E-state index contributed by atoms with van der Waals surface area (Å²) in [4.78, 5) is 21.7. The maximum atomic E-state index is 12.9. The molecule has 1 aromatic heterocycles. The van der Waals surface area contributed by atoms with Crippen LogP contribution in [-0.4, -0.2) is 42.0 Å². The lowest BCUT2D eigenvalue weighted by Gasteiger charge is -2.38. The number of aromatic nitrogens is 1. The second kappa shape index (κ2) is 7.79. The molecule has 1 aromatic carbocycles. The topological polar surface area (TPSA) is 60.2 Å². The van der Waals surface area contributed by atoms with Crippen molar-refractivity contribution in [3.05, 3.63) is 35.5 Å². The van der Waals surface area contributed by atoms with E-state index in [2.05, 4.69) is 46.8 Å². The van der Waals surface area contributed by atoms with Crippen molar-refractivity contribution < 1.29 is 4.79 Å². The number of likely N-dealkylation sites (tertiary alicyclic amines) is 1. The number of anilines is 1. The molecule has 4 rings (SSSR count). The van der Waals surface area contributed by atoms with Gasteiger partial charge in [0, 0.05) is 43.7 Å². The van der Waals surface area contributed by atoms with Crippen molar-refractivity contribution in [3.63, 3.8) is 0 Å². The first-order valence-corrected chi connectivity index (χ1v) is 10.4. The Morgan fingerprint density at radius 1 is 1.14 bits per heavy atom. The first kappa shape index (κ1) is 18.7. The Hall–Kier alpha value is -2.61. The second-order valence-electron chi connectivity index (χ2n) is 8.42. The zero-order valence-corrected chi connectivity index (χ0v) is 16.8. The number of carbonyl (C=O) groups excluding carboxylic acids is 1. The van der Waals surface area contributed by atoms with Crippen molar-refractivity contribution >= 4 is 22.5 Å². The predicted octanol–water partition coefficient (Wildman–Crippen LogP) is 3.89. The molecule has 28 heavy (non-hydrogen) atoms. The number of piperidine rings is 2. The molecule has 2 aliphatic heterocycles. The maximum absolute atomic E-state index is 12.9. The summed E-state index contributed by atoms with van der Waals surface area (Å²) >= 11 is 0. The standard InChI is InChI=1S/C23H28N4O/c1-16-5-9-27(10-6-16)23(28)18-7-11-26(12-8-18)22-19(14-24)15-25-21-4-3-17(2)13-20(21)22/h3-4,13,15-16,18H,5-12H2,1-2H3. The molecule has 0 atom stereocenters. The molecule has 5 heteroatoms. The third-order valence-electron chi connectivity index (χ3n) is 6.37. The number of hydrogen-bond donors (Lipinski definition) is 0. The van der Waals surface area contributed by atoms with Gasteiger partial charge in [-0.3, -0.25) is 9.78 Å². The summed E-state index contributed by atoms with van der Waals surface area (Å²) in [5.74, 6) is 1.19. The predicted molar refractivity (Wildman–Crippen MR) is 111 cm³/mol. The van der Waals surface area contributed by atoms with Crippen LogP contribution in [0, 0.1) is 30.1 Å². The average molecular weight is 377 g/mol. The van der Waals surface area contributed by atoms with Crippen molar-refractivity contribution in [1.82, 2.24) is 9.88 Å². The fourth-order valence-electron chi connectivity index (χ4n) is 4.55. The molecule has 2 aliphatic rings. The Balaban J connectivity index is 1.52. The molecule has 146 valence electrons. The summed E-state index contributed by atoms with van der Waals surface area (Å²) in [6, 6.07) is 8.50.